The van der Waals surface area contributed by atoms with E-state index in [9.17, 15) is 34.5 Å². The molecule has 0 radical (unpaired) electrons. The molecule has 3 fully saturated rings. The second kappa shape index (κ2) is 9.32. The number of aliphatic carboxylic acids is 2. The summed E-state index contributed by atoms with van der Waals surface area (Å²) in [5.74, 6) is -4.63. The summed E-state index contributed by atoms with van der Waals surface area (Å²) in [7, 11) is 0. The van der Waals surface area contributed by atoms with Crippen molar-refractivity contribution in [2.45, 2.75) is 63.8 Å². The molecule has 4 aliphatic carbocycles. The van der Waals surface area contributed by atoms with Crippen molar-refractivity contribution in [1.29, 1.82) is 0 Å². The van der Waals surface area contributed by atoms with Crippen LogP contribution in [0.1, 0.15) is 46.5 Å². The molecule has 36 heavy (non-hydrogen) atoms. The third-order valence-electron chi connectivity index (χ3n) is 9.16. The fraction of sp³-hybridized carbons (Fsp3) is 0.615. The Hall–Kier alpha value is -2.69. The maximum absolute atomic E-state index is 16.9. The predicted octanol–water partition coefficient (Wildman–Crippen LogP) is 1.61. The largest absolute Gasteiger partial charge is 0.478 e. The van der Waals surface area contributed by atoms with Gasteiger partial charge in [0.15, 0.2) is 17.2 Å². The summed E-state index contributed by atoms with van der Waals surface area (Å²) in [5.41, 5.74) is -5.17. The van der Waals surface area contributed by atoms with Gasteiger partial charge in [0.2, 0.25) is 0 Å². The number of fused-ring (bicyclic) bond motifs is 5. The number of carboxylic acids is 2. The van der Waals surface area contributed by atoms with Gasteiger partial charge in [-0.05, 0) is 56.6 Å². The average molecular weight is 509 g/mol. The number of carboxylic acid groups (broad SMARTS) is 2. The highest BCUT2D eigenvalue weighted by Gasteiger charge is 2.75. The number of hydrogen-bond acceptors (Lipinski definition) is 7. The highest BCUT2D eigenvalue weighted by Crippen LogP contribution is 2.70. The first-order chi connectivity index (χ1) is 16.6. The van der Waals surface area contributed by atoms with E-state index in [2.05, 4.69) is 0 Å². The summed E-state index contributed by atoms with van der Waals surface area (Å²) in [6.07, 6.45) is 5.55. The maximum atomic E-state index is 16.9. The molecule has 0 aromatic rings. The second-order valence-corrected chi connectivity index (χ2v) is 10.8. The van der Waals surface area contributed by atoms with Gasteiger partial charge in [-0.2, -0.15) is 0 Å². The van der Waals surface area contributed by atoms with Crippen LogP contribution in [0.3, 0.4) is 0 Å². The Morgan fingerprint density at radius 2 is 1.72 bits per heavy atom. The molecule has 4 rings (SSSR count). The lowest BCUT2D eigenvalue weighted by Gasteiger charge is -2.62. The molecule has 0 spiro atoms. The van der Waals surface area contributed by atoms with Crippen molar-refractivity contribution in [1.82, 2.24) is 0 Å². The van der Waals surface area contributed by atoms with Gasteiger partial charge >= 0.3 is 11.9 Å². The van der Waals surface area contributed by atoms with E-state index in [1.807, 2.05) is 0 Å². The third kappa shape index (κ3) is 3.86. The minimum Gasteiger partial charge on any atom is -0.478 e. The molecule has 3 saturated carbocycles. The minimum atomic E-state index is -1.98. The molecular weight excluding hydrogens is 475 g/mol. The Kier molecular flexibility index (Phi) is 7.22. The first kappa shape index (κ1) is 27.9. The lowest BCUT2D eigenvalue weighted by atomic mass is 9.44. The SMILES string of the molecule is C[C@@H]1C[C@H]2[C@@H]3CCC4=CC(=O)C=C[C@]4(C)[C@@]3(F)[C@@H](O)C[C@]2(C)[C@@]1(O)C(=O)CO.O=C(O)/C=C/C(=O)O. The Morgan fingerprint density at radius 1 is 1.14 bits per heavy atom. The van der Waals surface area contributed by atoms with Crippen LogP contribution < -0.4 is 0 Å². The van der Waals surface area contributed by atoms with Crippen molar-refractivity contribution in [2.24, 2.45) is 28.6 Å². The predicted molar refractivity (Wildman–Crippen MR) is 124 cm³/mol. The number of aliphatic hydroxyl groups excluding tert-OH is 2. The Balaban J connectivity index is 0.000000392. The van der Waals surface area contributed by atoms with Crippen LogP contribution in [0.25, 0.3) is 0 Å². The van der Waals surface area contributed by atoms with Gasteiger partial charge < -0.3 is 25.5 Å². The topological polar surface area (TPSA) is 169 Å². The van der Waals surface area contributed by atoms with Crippen molar-refractivity contribution < 1.29 is 49.1 Å². The zero-order valence-corrected chi connectivity index (χ0v) is 20.5. The van der Waals surface area contributed by atoms with Crippen molar-refractivity contribution in [2.75, 3.05) is 6.61 Å². The van der Waals surface area contributed by atoms with Gasteiger partial charge in [0.1, 0.15) is 12.2 Å². The number of aliphatic hydroxyl groups is 3. The summed E-state index contributed by atoms with van der Waals surface area (Å²) >= 11 is 0. The second-order valence-electron chi connectivity index (χ2n) is 10.8. The van der Waals surface area contributed by atoms with Crippen LogP contribution in [0.2, 0.25) is 0 Å². The zero-order valence-electron chi connectivity index (χ0n) is 20.5. The average Bonchev–Trinajstić information content (AvgIpc) is 3.00. The molecule has 0 bridgehead atoms. The van der Waals surface area contributed by atoms with Crippen LogP contribution in [0.15, 0.2) is 36.0 Å². The van der Waals surface area contributed by atoms with Crippen LogP contribution in [-0.4, -0.2) is 73.0 Å². The number of alkyl halides is 1. The van der Waals surface area contributed by atoms with Gasteiger partial charge in [-0.3, -0.25) is 9.59 Å². The van der Waals surface area contributed by atoms with E-state index in [0.29, 0.717) is 37.0 Å². The van der Waals surface area contributed by atoms with Crippen LogP contribution in [0.5, 0.6) is 0 Å². The molecule has 9 nitrogen and oxygen atoms in total. The minimum absolute atomic E-state index is 0.0676. The Labute approximate surface area is 208 Å². The molecule has 0 aromatic carbocycles. The van der Waals surface area contributed by atoms with E-state index in [4.69, 9.17) is 10.2 Å². The maximum Gasteiger partial charge on any atom is 0.328 e. The number of carbonyl (C=O) groups is 4. The number of Topliss-reactive ketones (excluding diaryl/α,β-unsaturated/α-hetero) is 1. The molecule has 8 atom stereocenters. The van der Waals surface area contributed by atoms with Gasteiger partial charge in [-0.15, -0.1) is 0 Å². The van der Waals surface area contributed by atoms with Crippen molar-refractivity contribution in [3.05, 3.63) is 36.0 Å². The molecule has 0 saturated heterocycles. The van der Waals surface area contributed by atoms with Crippen LogP contribution in [-0.2, 0) is 19.2 Å². The first-order valence-corrected chi connectivity index (χ1v) is 11.9. The molecule has 0 aromatic heterocycles. The Bertz CT molecular complexity index is 1050. The lowest BCUT2D eigenvalue weighted by molar-refractivity contribution is -0.219. The molecule has 4 aliphatic rings. The first-order valence-electron chi connectivity index (χ1n) is 11.9. The summed E-state index contributed by atoms with van der Waals surface area (Å²) in [6, 6.07) is 0. The molecule has 198 valence electrons. The lowest BCUT2D eigenvalue weighted by Crippen LogP contribution is -2.69. The third-order valence-corrected chi connectivity index (χ3v) is 9.16. The molecular formula is C26H33FO9. The van der Waals surface area contributed by atoms with Crippen molar-refractivity contribution >= 4 is 23.5 Å². The standard InChI is InChI=1S/C22H29FO5.C4H4O4/c1-12-8-16-15-5-4-13-9-14(25)6-7-19(13,2)21(15,23)17(26)10-20(16,3)22(12,28)18(27)11-24;5-3(6)1-2-4(7)8/h6-7,9,12,15-17,24,26,28H,4-5,8,10-11H2,1-3H3;1-2H,(H,5,6)(H,7,8)/b;2-1+/t12-,15+,16+,17+,19+,20+,21+,22+;/m1./s1. The van der Waals surface area contributed by atoms with E-state index in [1.54, 1.807) is 26.8 Å². The zero-order chi connectivity index (χ0) is 27.3. The Morgan fingerprint density at radius 3 is 2.25 bits per heavy atom. The van der Waals surface area contributed by atoms with Gasteiger partial charge in [-0.25, -0.2) is 14.0 Å². The van der Waals surface area contributed by atoms with Crippen LogP contribution >= 0.6 is 0 Å². The summed E-state index contributed by atoms with van der Waals surface area (Å²) in [6.45, 7) is 4.48. The monoisotopic (exact) mass is 508 g/mol. The number of allylic oxidation sites excluding steroid dienone is 4. The van der Waals surface area contributed by atoms with E-state index in [-0.39, 0.29) is 18.1 Å². The highest BCUT2D eigenvalue weighted by atomic mass is 19.1. The summed E-state index contributed by atoms with van der Waals surface area (Å²) < 4.78 is 16.9. The van der Waals surface area contributed by atoms with Crippen molar-refractivity contribution in [3.63, 3.8) is 0 Å². The van der Waals surface area contributed by atoms with E-state index in [1.165, 1.54) is 12.2 Å². The number of hydrogen-bond donors (Lipinski definition) is 5. The number of rotatable bonds is 4. The number of halogens is 1. The van der Waals surface area contributed by atoms with Gasteiger partial charge in [0, 0.05) is 28.9 Å². The highest BCUT2D eigenvalue weighted by molar-refractivity contribution is 6.01. The van der Waals surface area contributed by atoms with Crippen LogP contribution in [0.4, 0.5) is 4.39 Å². The van der Waals surface area contributed by atoms with Gasteiger partial charge in [0.05, 0.1) is 6.10 Å². The summed E-state index contributed by atoms with van der Waals surface area (Å²) in [4.78, 5) is 43.5. The fourth-order valence-corrected chi connectivity index (χ4v) is 7.40. The van der Waals surface area contributed by atoms with Crippen molar-refractivity contribution in [3.8, 4) is 0 Å². The van der Waals surface area contributed by atoms with E-state index in [0.717, 1.165) is 0 Å². The quantitative estimate of drug-likeness (QED) is 0.354. The van der Waals surface area contributed by atoms with Gasteiger partial charge in [0.25, 0.3) is 0 Å². The molecule has 0 aliphatic heterocycles. The molecule has 5 N–H and O–H groups in total. The normalized spacial score (nSPS) is 43.0. The van der Waals surface area contributed by atoms with Gasteiger partial charge in [-0.1, -0.05) is 25.5 Å². The fourth-order valence-electron chi connectivity index (χ4n) is 7.40. The van der Waals surface area contributed by atoms with E-state index < -0.39 is 64.4 Å². The molecule has 0 unspecified atom stereocenters. The van der Waals surface area contributed by atoms with E-state index >= 15 is 4.39 Å². The number of carbonyl (C=O) groups excluding carboxylic acids is 2. The molecule has 0 heterocycles. The molecule has 10 heteroatoms. The summed E-state index contributed by atoms with van der Waals surface area (Å²) in [5, 5.41) is 47.6. The smallest absolute Gasteiger partial charge is 0.328 e. The number of ketones is 2. The van der Waals surface area contributed by atoms with Crippen LogP contribution in [0, 0.1) is 28.6 Å². The molecule has 0 amide bonds.